The summed E-state index contributed by atoms with van der Waals surface area (Å²) in [5, 5.41) is 3.55. The van der Waals surface area contributed by atoms with Gasteiger partial charge in [-0.15, -0.1) is 0 Å². The van der Waals surface area contributed by atoms with E-state index in [0.717, 1.165) is 37.6 Å². The number of nitrogens with one attached hydrogen (secondary N) is 2. The number of hydrogen-bond donors (Lipinski definition) is 2. The molecular weight excluding hydrogens is 226 g/mol. The van der Waals surface area contributed by atoms with Crippen LogP contribution >= 0.6 is 0 Å². The van der Waals surface area contributed by atoms with Crippen LogP contribution in [0.4, 0.5) is 0 Å². The van der Waals surface area contributed by atoms with Crippen molar-refractivity contribution in [2.45, 2.75) is 25.4 Å². The molecule has 1 aliphatic heterocycles. The quantitative estimate of drug-likeness (QED) is 0.870. The summed E-state index contributed by atoms with van der Waals surface area (Å²) in [5.41, 5.74) is 1.25. The number of benzene rings is 1. The maximum Gasteiger partial charge on any atom is 0.124 e. The minimum Gasteiger partial charge on any atom is -0.493 e. The number of H-pyrrole nitrogens is 1. The van der Waals surface area contributed by atoms with Crippen molar-refractivity contribution in [3.63, 3.8) is 0 Å². The fourth-order valence-electron chi connectivity index (χ4n) is 2.35. The molecule has 2 heterocycles. The molecule has 1 atom stereocenters. The third kappa shape index (κ3) is 2.38. The van der Waals surface area contributed by atoms with Crippen LogP contribution < -0.4 is 10.1 Å². The molecule has 0 bridgehead atoms. The number of nitrogens with zero attached hydrogens (tertiary/aromatic N) is 1. The monoisotopic (exact) mass is 243 g/mol. The van der Waals surface area contributed by atoms with E-state index in [0.29, 0.717) is 6.04 Å². The predicted molar refractivity (Wildman–Crippen MR) is 69.3 cm³/mol. The smallest absolute Gasteiger partial charge is 0.124 e. The second kappa shape index (κ2) is 5.23. The SMILES string of the molecule is c1ccc2c(c1)OCCCC2NCc1ncc[nH]1. The van der Waals surface area contributed by atoms with Crippen LogP contribution in [0.25, 0.3) is 0 Å². The molecule has 1 aliphatic rings. The fourth-order valence-corrected chi connectivity index (χ4v) is 2.35. The summed E-state index contributed by atoms with van der Waals surface area (Å²) in [5.74, 6) is 1.98. The van der Waals surface area contributed by atoms with Crippen LogP contribution in [0.1, 0.15) is 30.3 Å². The first-order valence-corrected chi connectivity index (χ1v) is 6.37. The van der Waals surface area contributed by atoms with Gasteiger partial charge >= 0.3 is 0 Å². The lowest BCUT2D eigenvalue weighted by Gasteiger charge is -2.17. The molecular formula is C14H17N3O. The number of aromatic amines is 1. The van der Waals surface area contributed by atoms with E-state index in [4.69, 9.17) is 4.74 Å². The Hall–Kier alpha value is -1.81. The largest absolute Gasteiger partial charge is 0.493 e. The molecule has 2 aromatic rings. The zero-order valence-corrected chi connectivity index (χ0v) is 10.2. The van der Waals surface area contributed by atoms with Crippen molar-refractivity contribution in [2.75, 3.05) is 6.61 Å². The summed E-state index contributed by atoms with van der Waals surface area (Å²) in [6.07, 6.45) is 5.80. The van der Waals surface area contributed by atoms with Gasteiger partial charge in [-0.1, -0.05) is 18.2 Å². The highest BCUT2D eigenvalue weighted by Crippen LogP contribution is 2.31. The number of hydrogen-bond acceptors (Lipinski definition) is 3. The Bertz CT molecular complexity index is 496. The molecule has 0 spiro atoms. The minimum atomic E-state index is 0.341. The molecule has 4 heteroatoms. The van der Waals surface area contributed by atoms with Crippen LogP contribution in [0.2, 0.25) is 0 Å². The number of fused-ring (bicyclic) bond motifs is 1. The molecule has 3 rings (SSSR count). The lowest BCUT2D eigenvalue weighted by atomic mass is 10.0. The molecule has 0 radical (unpaired) electrons. The van der Waals surface area contributed by atoms with E-state index in [1.807, 2.05) is 18.3 Å². The first kappa shape index (κ1) is 11.3. The molecule has 0 fully saturated rings. The van der Waals surface area contributed by atoms with Crippen molar-refractivity contribution < 1.29 is 4.74 Å². The zero-order valence-electron chi connectivity index (χ0n) is 10.2. The average Bonchev–Trinajstić information content (AvgIpc) is 2.84. The maximum absolute atomic E-state index is 5.75. The number of imidazole rings is 1. The van der Waals surface area contributed by atoms with Crippen LogP contribution in [-0.2, 0) is 6.54 Å². The summed E-state index contributed by atoms with van der Waals surface area (Å²) >= 11 is 0. The molecule has 1 aromatic carbocycles. The third-order valence-electron chi connectivity index (χ3n) is 3.26. The topological polar surface area (TPSA) is 49.9 Å². The Labute approximate surface area is 106 Å². The highest BCUT2D eigenvalue weighted by molar-refractivity contribution is 5.36. The highest BCUT2D eigenvalue weighted by Gasteiger charge is 2.18. The van der Waals surface area contributed by atoms with Gasteiger partial charge < -0.3 is 15.0 Å². The second-order valence-corrected chi connectivity index (χ2v) is 4.50. The number of ether oxygens (including phenoxy) is 1. The van der Waals surface area contributed by atoms with E-state index in [9.17, 15) is 0 Å². The van der Waals surface area contributed by atoms with E-state index in [1.165, 1.54) is 5.56 Å². The Morgan fingerprint density at radius 1 is 1.39 bits per heavy atom. The number of rotatable bonds is 3. The molecule has 0 saturated carbocycles. The Balaban J connectivity index is 1.75. The number of aromatic nitrogens is 2. The lowest BCUT2D eigenvalue weighted by Crippen LogP contribution is -2.21. The Kier molecular flexibility index (Phi) is 3.28. The standard InChI is InChI=1S/C14H17N3O/c1-2-6-13-11(4-1)12(5-3-9-18-13)17-10-14-15-7-8-16-14/h1-2,4,6-8,12,17H,3,5,9-10H2,(H,15,16). The van der Waals surface area contributed by atoms with Crippen LogP contribution in [0, 0.1) is 0 Å². The van der Waals surface area contributed by atoms with E-state index >= 15 is 0 Å². The maximum atomic E-state index is 5.75. The molecule has 1 unspecified atom stereocenters. The molecule has 94 valence electrons. The van der Waals surface area contributed by atoms with Gasteiger partial charge in [-0.25, -0.2) is 4.98 Å². The van der Waals surface area contributed by atoms with Gasteiger partial charge in [-0.05, 0) is 18.9 Å². The summed E-state index contributed by atoms with van der Waals surface area (Å²) in [7, 11) is 0. The van der Waals surface area contributed by atoms with Gasteiger partial charge in [0.2, 0.25) is 0 Å². The molecule has 0 saturated heterocycles. The lowest BCUT2D eigenvalue weighted by molar-refractivity contribution is 0.315. The third-order valence-corrected chi connectivity index (χ3v) is 3.26. The van der Waals surface area contributed by atoms with Crippen molar-refractivity contribution in [1.82, 2.24) is 15.3 Å². The fraction of sp³-hybridized carbons (Fsp3) is 0.357. The van der Waals surface area contributed by atoms with Gasteiger partial charge in [0.05, 0.1) is 13.2 Å². The second-order valence-electron chi connectivity index (χ2n) is 4.50. The van der Waals surface area contributed by atoms with E-state index < -0.39 is 0 Å². The minimum absolute atomic E-state index is 0.341. The van der Waals surface area contributed by atoms with E-state index in [2.05, 4.69) is 27.4 Å². The molecule has 0 aliphatic carbocycles. The van der Waals surface area contributed by atoms with Gasteiger partial charge in [0.25, 0.3) is 0 Å². The predicted octanol–water partition coefficient (Wildman–Crippen LogP) is 2.41. The zero-order chi connectivity index (χ0) is 12.2. The molecule has 4 nitrogen and oxygen atoms in total. The van der Waals surface area contributed by atoms with E-state index in [1.54, 1.807) is 6.20 Å². The van der Waals surface area contributed by atoms with Crippen LogP contribution in [0.15, 0.2) is 36.7 Å². The summed E-state index contributed by atoms with van der Waals surface area (Å²) < 4.78 is 5.75. The van der Waals surface area contributed by atoms with Crippen molar-refractivity contribution >= 4 is 0 Å². The summed E-state index contributed by atoms with van der Waals surface area (Å²) in [6.45, 7) is 1.56. The van der Waals surface area contributed by atoms with Crippen LogP contribution in [0.3, 0.4) is 0 Å². The Morgan fingerprint density at radius 2 is 2.33 bits per heavy atom. The van der Waals surface area contributed by atoms with Gasteiger partial charge in [0.15, 0.2) is 0 Å². The van der Waals surface area contributed by atoms with Gasteiger partial charge in [0, 0.05) is 24.0 Å². The van der Waals surface area contributed by atoms with Crippen molar-refractivity contribution in [3.8, 4) is 5.75 Å². The van der Waals surface area contributed by atoms with Crippen molar-refractivity contribution in [1.29, 1.82) is 0 Å². The summed E-state index contributed by atoms with van der Waals surface area (Å²) in [6, 6.07) is 8.61. The Morgan fingerprint density at radius 3 is 3.22 bits per heavy atom. The van der Waals surface area contributed by atoms with Gasteiger partial charge in [-0.2, -0.15) is 0 Å². The van der Waals surface area contributed by atoms with Crippen LogP contribution in [-0.4, -0.2) is 16.6 Å². The van der Waals surface area contributed by atoms with Crippen molar-refractivity contribution in [2.24, 2.45) is 0 Å². The van der Waals surface area contributed by atoms with Gasteiger partial charge in [0.1, 0.15) is 11.6 Å². The number of para-hydroxylation sites is 1. The van der Waals surface area contributed by atoms with Crippen molar-refractivity contribution in [3.05, 3.63) is 48.0 Å². The summed E-state index contributed by atoms with van der Waals surface area (Å²) in [4.78, 5) is 7.34. The van der Waals surface area contributed by atoms with Gasteiger partial charge in [-0.3, -0.25) is 0 Å². The molecule has 1 aromatic heterocycles. The first-order valence-electron chi connectivity index (χ1n) is 6.37. The normalized spacial score (nSPS) is 18.8. The molecule has 2 N–H and O–H groups in total. The van der Waals surface area contributed by atoms with Crippen LogP contribution in [0.5, 0.6) is 5.75 Å². The average molecular weight is 243 g/mol. The molecule has 0 amide bonds. The molecule has 18 heavy (non-hydrogen) atoms. The van der Waals surface area contributed by atoms with E-state index in [-0.39, 0.29) is 0 Å². The highest BCUT2D eigenvalue weighted by atomic mass is 16.5. The first-order chi connectivity index (χ1) is 8.93.